The van der Waals surface area contributed by atoms with Crippen LogP contribution in [0.1, 0.15) is 18.4 Å². The molecule has 0 fully saturated rings. The highest BCUT2D eigenvalue weighted by Crippen LogP contribution is 2.16. The first-order valence-electron chi connectivity index (χ1n) is 3.80. The normalized spacial score (nSPS) is 15.7. The molecule has 0 heterocycles. The number of hydrogen-bond acceptors (Lipinski definition) is 2. The fraction of sp³-hybridized carbons (Fsp3) is 0.333. The maximum Gasteiger partial charge on any atom is 0.123 e. The van der Waals surface area contributed by atoms with Crippen molar-refractivity contribution >= 4 is 0 Å². The number of benzene rings is 1. The van der Waals surface area contributed by atoms with Gasteiger partial charge in [0.1, 0.15) is 12.0 Å². The maximum atomic E-state index is 12.5. The van der Waals surface area contributed by atoms with Gasteiger partial charge in [-0.25, -0.2) is 4.39 Å². The highest BCUT2D eigenvalue weighted by atomic mass is 19.1. The summed E-state index contributed by atoms with van der Waals surface area (Å²) in [6.45, 7) is 1.79. The number of halogens is 1. The van der Waals surface area contributed by atoms with E-state index in [1.807, 2.05) is 0 Å². The Balaban J connectivity index is 2.82. The Morgan fingerprint density at radius 3 is 2.25 bits per heavy atom. The lowest BCUT2D eigenvalue weighted by atomic mass is 10.0. The predicted octanol–water partition coefficient (Wildman–Crippen LogP) is 1.21. The summed E-state index contributed by atoms with van der Waals surface area (Å²) in [5.74, 6) is -0.442. The molecule has 0 bridgehead atoms. The molecule has 0 saturated carbocycles. The number of nitrogens with two attached hydrogens (primary N) is 1. The van der Waals surface area contributed by atoms with E-state index in [0.717, 1.165) is 5.56 Å². The summed E-state index contributed by atoms with van der Waals surface area (Å²) in [6.07, 6.45) is -0.893. The molecule has 0 aliphatic rings. The van der Waals surface area contributed by atoms with Crippen molar-refractivity contribution < 1.29 is 9.50 Å². The van der Waals surface area contributed by atoms with Gasteiger partial charge in [-0.05, 0) is 17.7 Å². The van der Waals surface area contributed by atoms with Crippen LogP contribution in [0, 0.1) is 5.82 Å². The van der Waals surface area contributed by atoms with Crippen molar-refractivity contribution in [2.24, 2.45) is 5.73 Å². The van der Waals surface area contributed by atoms with Crippen molar-refractivity contribution in [1.82, 2.24) is 0 Å². The minimum absolute atomic E-state index is 0.161. The van der Waals surface area contributed by atoms with Crippen LogP contribution in [0.15, 0.2) is 24.3 Å². The molecule has 2 atom stereocenters. The number of hydrogen-bond donors (Lipinski definition) is 2. The zero-order valence-corrected chi connectivity index (χ0v) is 6.87. The van der Waals surface area contributed by atoms with Gasteiger partial charge in [0.15, 0.2) is 0 Å². The van der Waals surface area contributed by atoms with E-state index in [9.17, 15) is 4.39 Å². The molecule has 0 aliphatic carbocycles. The average molecular weight is 169 g/mol. The molecule has 0 aliphatic heterocycles. The van der Waals surface area contributed by atoms with Gasteiger partial charge in [-0.15, -0.1) is 0 Å². The lowest BCUT2D eigenvalue weighted by molar-refractivity contribution is 0.156. The van der Waals surface area contributed by atoms with Gasteiger partial charge in [0.25, 0.3) is 0 Å². The second kappa shape index (κ2) is 3.65. The largest absolute Gasteiger partial charge is 0.378 e. The Hall–Kier alpha value is -0.930. The minimum atomic E-state index is -0.893. The highest BCUT2D eigenvalue weighted by molar-refractivity contribution is 5.20. The molecule has 2 nitrogen and oxygen atoms in total. The van der Waals surface area contributed by atoms with Gasteiger partial charge < -0.3 is 10.8 Å². The molecule has 0 radical (unpaired) electrons. The molecule has 3 N–H and O–H groups in total. The third-order valence-corrected chi connectivity index (χ3v) is 1.91. The molecule has 1 unspecified atom stereocenters. The molecule has 1 rings (SSSR count). The quantitative estimate of drug-likeness (QED) is 0.653. The Labute approximate surface area is 70.8 Å². The molecule has 12 heavy (non-hydrogen) atoms. The molecule has 0 spiro atoms. The van der Waals surface area contributed by atoms with Crippen LogP contribution in [0.5, 0.6) is 0 Å². The van der Waals surface area contributed by atoms with Crippen LogP contribution >= 0.6 is 0 Å². The van der Waals surface area contributed by atoms with E-state index in [2.05, 4.69) is 0 Å². The molecule has 0 amide bonds. The second-order valence-corrected chi connectivity index (χ2v) is 2.83. The van der Waals surface area contributed by atoms with Gasteiger partial charge in [0, 0.05) is 5.92 Å². The monoisotopic (exact) mass is 169 g/mol. The summed E-state index contributed by atoms with van der Waals surface area (Å²) >= 11 is 0. The highest BCUT2D eigenvalue weighted by Gasteiger charge is 2.10. The van der Waals surface area contributed by atoms with E-state index in [0.29, 0.717) is 0 Å². The third kappa shape index (κ3) is 2.03. The molecule has 0 saturated heterocycles. The van der Waals surface area contributed by atoms with Crippen LogP contribution in [0.2, 0.25) is 0 Å². The van der Waals surface area contributed by atoms with Crippen LogP contribution in [0.25, 0.3) is 0 Å². The van der Waals surface area contributed by atoms with Crippen LogP contribution in [0.3, 0.4) is 0 Å². The number of aliphatic hydroxyl groups is 1. The van der Waals surface area contributed by atoms with Crippen LogP contribution in [0.4, 0.5) is 4.39 Å². The van der Waals surface area contributed by atoms with Gasteiger partial charge in [0.05, 0.1) is 0 Å². The summed E-state index contributed by atoms with van der Waals surface area (Å²) in [7, 11) is 0. The first kappa shape index (κ1) is 9.16. The fourth-order valence-electron chi connectivity index (χ4n) is 0.964. The molecule has 0 aromatic heterocycles. The lowest BCUT2D eigenvalue weighted by Gasteiger charge is -2.14. The van der Waals surface area contributed by atoms with Crippen molar-refractivity contribution in [3.8, 4) is 0 Å². The van der Waals surface area contributed by atoms with Crippen LogP contribution < -0.4 is 5.73 Å². The molecule has 1 aromatic rings. The zero-order valence-electron chi connectivity index (χ0n) is 6.87. The first-order chi connectivity index (χ1) is 5.61. The SMILES string of the molecule is C[C@H](c1ccc(F)cc1)C(N)O. The topological polar surface area (TPSA) is 46.2 Å². The van der Waals surface area contributed by atoms with Crippen molar-refractivity contribution in [1.29, 1.82) is 0 Å². The summed E-state index contributed by atoms with van der Waals surface area (Å²) in [4.78, 5) is 0. The lowest BCUT2D eigenvalue weighted by Crippen LogP contribution is -2.25. The van der Waals surface area contributed by atoms with E-state index in [1.165, 1.54) is 12.1 Å². The minimum Gasteiger partial charge on any atom is -0.378 e. The summed E-state index contributed by atoms with van der Waals surface area (Å²) in [5.41, 5.74) is 6.11. The third-order valence-electron chi connectivity index (χ3n) is 1.91. The van der Waals surface area contributed by atoms with Crippen molar-refractivity contribution in [3.63, 3.8) is 0 Å². The number of aliphatic hydroxyl groups excluding tert-OH is 1. The van der Waals surface area contributed by atoms with Gasteiger partial charge in [-0.1, -0.05) is 19.1 Å². The predicted molar refractivity (Wildman–Crippen MR) is 45.0 cm³/mol. The molecule has 3 heteroatoms. The van der Waals surface area contributed by atoms with E-state index in [1.54, 1.807) is 19.1 Å². The van der Waals surface area contributed by atoms with E-state index in [-0.39, 0.29) is 11.7 Å². The molecule has 1 aromatic carbocycles. The van der Waals surface area contributed by atoms with E-state index < -0.39 is 6.23 Å². The first-order valence-corrected chi connectivity index (χ1v) is 3.80. The number of rotatable bonds is 2. The molecular weight excluding hydrogens is 157 g/mol. The van der Waals surface area contributed by atoms with Crippen LogP contribution in [-0.4, -0.2) is 11.3 Å². The Morgan fingerprint density at radius 1 is 1.33 bits per heavy atom. The smallest absolute Gasteiger partial charge is 0.123 e. The second-order valence-electron chi connectivity index (χ2n) is 2.83. The maximum absolute atomic E-state index is 12.5. The Bertz CT molecular complexity index is 245. The fourth-order valence-corrected chi connectivity index (χ4v) is 0.964. The Kier molecular flexibility index (Phi) is 2.78. The van der Waals surface area contributed by atoms with Gasteiger partial charge >= 0.3 is 0 Å². The van der Waals surface area contributed by atoms with E-state index in [4.69, 9.17) is 10.8 Å². The summed E-state index contributed by atoms with van der Waals surface area (Å²) in [5, 5.41) is 9.03. The summed E-state index contributed by atoms with van der Waals surface area (Å²) < 4.78 is 12.5. The van der Waals surface area contributed by atoms with Crippen molar-refractivity contribution in [2.45, 2.75) is 19.1 Å². The Morgan fingerprint density at radius 2 is 1.83 bits per heavy atom. The molecule has 66 valence electrons. The van der Waals surface area contributed by atoms with Crippen LogP contribution in [-0.2, 0) is 0 Å². The average Bonchev–Trinajstić information content (AvgIpc) is 2.04. The van der Waals surface area contributed by atoms with Crippen molar-refractivity contribution in [3.05, 3.63) is 35.6 Å². The van der Waals surface area contributed by atoms with Gasteiger partial charge in [-0.3, -0.25) is 0 Å². The van der Waals surface area contributed by atoms with E-state index >= 15 is 0 Å². The zero-order chi connectivity index (χ0) is 9.14. The summed E-state index contributed by atoms with van der Waals surface area (Å²) in [6, 6.07) is 5.95. The molecular formula is C9H12FNO. The van der Waals surface area contributed by atoms with Gasteiger partial charge in [0.2, 0.25) is 0 Å². The standard InChI is InChI=1S/C9H12FNO/c1-6(9(11)12)7-2-4-8(10)5-3-7/h2-6,9,12H,11H2,1H3/t6-,9?/m1/s1. The van der Waals surface area contributed by atoms with Gasteiger partial charge in [-0.2, -0.15) is 0 Å². The van der Waals surface area contributed by atoms with Crippen molar-refractivity contribution in [2.75, 3.05) is 0 Å².